The zero-order valence-corrected chi connectivity index (χ0v) is 13.0. The summed E-state index contributed by atoms with van der Waals surface area (Å²) in [6.45, 7) is 0. The average molecular weight is 321 g/mol. The monoisotopic (exact) mass is 320 g/mol. The first kappa shape index (κ1) is 13.0. The van der Waals surface area contributed by atoms with Crippen LogP contribution in [-0.4, -0.2) is 19.6 Å². The van der Waals surface area contributed by atoms with E-state index in [0.717, 1.165) is 12.1 Å². The maximum atomic E-state index is 6.17. The van der Waals surface area contributed by atoms with Crippen LogP contribution >= 0.6 is 11.6 Å². The molecule has 2 atom stereocenters. The Bertz CT molecular complexity index is 1030. The van der Waals surface area contributed by atoms with Gasteiger partial charge in [-0.1, -0.05) is 29.8 Å². The molecule has 1 saturated carbocycles. The van der Waals surface area contributed by atoms with Crippen molar-refractivity contribution >= 4 is 28.0 Å². The first-order valence-corrected chi connectivity index (χ1v) is 8.01. The molecule has 1 aliphatic carbocycles. The Hall–Kier alpha value is -2.46. The number of hydrogen-bond donors (Lipinski definition) is 0. The van der Waals surface area contributed by atoms with Crippen molar-refractivity contribution in [1.29, 1.82) is 0 Å². The molecule has 0 N–H and O–H groups in total. The average Bonchev–Trinajstić information content (AvgIpc) is 3.23. The summed E-state index contributed by atoms with van der Waals surface area (Å²) >= 11 is 6.17. The topological polar surface area (TPSA) is 43.1 Å². The molecule has 3 aromatic heterocycles. The first-order chi connectivity index (χ1) is 11.3. The summed E-state index contributed by atoms with van der Waals surface area (Å²) in [7, 11) is 0. The lowest BCUT2D eigenvalue weighted by Gasteiger charge is -2.07. The summed E-state index contributed by atoms with van der Waals surface area (Å²) in [6.07, 6.45) is 8.50. The van der Waals surface area contributed by atoms with Crippen molar-refractivity contribution in [1.82, 2.24) is 19.6 Å². The second-order valence-electron chi connectivity index (χ2n) is 6.01. The Balaban J connectivity index is 1.61. The predicted octanol–water partition coefficient (Wildman–Crippen LogP) is 4.20. The molecule has 0 amide bonds. The van der Waals surface area contributed by atoms with Gasteiger partial charge in [0.25, 0.3) is 0 Å². The van der Waals surface area contributed by atoms with E-state index in [-0.39, 0.29) is 0 Å². The molecule has 0 saturated heterocycles. The number of imidazole rings is 1. The zero-order valence-electron chi connectivity index (χ0n) is 12.2. The lowest BCUT2D eigenvalue weighted by molar-refractivity contribution is 0.906. The predicted molar refractivity (Wildman–Crippen MR) is 89.8 cm³/mol. The highest BCUT2D eigenvalue weighted by atomic mass is 35.5. The van der Waals surface area contributed by atoms with Crippen LogP contribution in [0.1, 0.15) is 29.4 Å². The van der Waals surface area contributed by atoms with E-state index in [1.54, 1.807) is 10.7 Å². The highest BCUT2D eigenvalue weighted by Gasteiger charge is 2.42. The summed E-state index contributed by atoms with van der Waals surface area (Å²) in [5.74, 6) is 0.944. The van der Waals surface area contributed by atoms with E-state index in [1.165, 1.54) is 21.9 Å². The van der Waals surface area contributed by atoms with E-state index in [9.17, 15) is 0 Å². The van der Waals surface area contributed by atoms with Gasteiger partial charge in [0.2, 0.25) is 0 Å². The fourth-order valence-corrected chi connectivity index (χ4v) is 3.73. The van der Waals surface area contributed by atoms with Crippen molar-refractivity contribution in [3.8, 4) is 0 Å². The second-order valence-corrected chi connectivity index (χ2v) is 6.40. The number of pyridine rings is 1. The van der Waals surface area contributed by atoms with Crippen LogP contribution in [0.2, 0.25) is 5.15 Å². The Labute approximate surface area is 137 Å². The van der Waals surface area contributed by atoms with Crippen LogP contribution in [0.5, 0.6) is 0 Å². The van der Waals surface area contributed by atoms with Crippen LogP contribution in [0.3, 0.4) is 0 Å². The smallest absolute Gasteiger partial charge is 0.157 e. The van der Waals surface area contributed by atoms with Gasteiger partial charge in [0, 0.05) is 35.7 Å². The third-order valence-electron chi connectivity index (χ3n) is 4.66. The van der Waals surface area contributed by atoms with E-state index in [1.807, 2.05) is 24.7 Å². The van der Waals surface area contributed by atoms with Crippen molar-refractivity contribution in [3.63, 3.8) is 0 Å². The van der Waals surface area contributed by atoms with Crippen LogP contribution in [-0.2, 0) is 0 Å². The fourth-order valence-electron chi connectivity index (χ4n) is 3.54. The van der Waals surface area contributed by atoms with Gasteiger partial charge in [-0.25, -0.2) is 9.50 Å². The van der Waals surface area contributed by atoms with E-state index >= 15 is 0 Å². The molecule has 5 heteroatoms. The molecule has 0 unspecified atom stereocenters. The lowest BCUT2D eigenvalue weighted by Crippen LogP contribution is -1.96. The highest BCUT2D eigenvalue weighted by Crippen LogP contribution is 2.56. The number of aromatic nitrogens is 4. The standard InChI is InChI=1S/C18H13ClN4/c19-17-9-16(18-21-6-7-23(18)22-17)15-8-14(15)13-3-1-2-11-10-20-5-4-12(11)13/h1-7,9-10,14-15H,8H2/t14-,15+/m1/s1. The van der Waals surface area contributed by atoms with E-state index in [4.69, 9.17) is 11.6 Å². The van der Waals surface area contributed by atoms with Crippen molar-refractivity contribution in [2.45, 2.75) is 18.3 Å². The minimum atomic E-state index is 0.444. The second kappa shape index (κ2) is 4.77. The van der Waals surface area contributed by atoms with Gasteiger partial charge in [-0.05, 0) is 41.3 Å². The van der Waals surface area contributed by atoms with Gasteiger partial charge in [-0.15, -0.1) is 0 Å². The molecular weight excluding hydrogens is 308 g/mol. The van der Waals surface area contributed by atoms with Gasteiger partial charge in [-0.3, -0.25) is 4.98 Å². The molecule has 112 valence electrons. The van der Waals surface area contributed by atoms with Crippen LogP contribution in [0.15, 0.2) is 55.1 Å². The first-order valence-electron chi connectivity index (χ1n) is 7.64. The quantitative estimate of drug-likeness (QED) is 0.556. The summed E-state index contributed by atoms with van der Waals surface area (Å²) in [5, 5.41) is 7.25. The molecule has 1 fully saturated rings. The summed E-state index contributed by atoms with van der Waals surface area (Å²) in [6, 6.07) is 10.5. The number of hydrogen-bond acceptors (Lipinski definition) is 3. The zero-order chi connectivity index (χ0) is 15.4. The number of fused-ring (bicyclic) bond motifs is 2. The largest absolute Gasteiger partial charge is 0.264 e. The molecular formula is C18H13ClN4. The summed E-state index contributed by atoms with van der Waals surface area (Å²) in [5.41, 5.74) is 3.47. The third-order valence-corrected chi connectivity index (χ3v) is 4.85. The number of benzene rings is 1. The summed E-state index contributed by atoms with van der Waals surface area (Å²) in [4.78, 5) is 8.66. The molecule has 0 radical (unpaired) electrons. The minimum absolute atomic E-state index is 0.444. The van der Waals surface area contributed by atoms with Crippen LogP contribution in [0, 0.1) is 0 Å². The molecule has 4 aromatic rings. The Kier molecular flexibility index (Phi) is 2.70. The Morgan fingerprint density at radius 2 is 2.00 bits per heavy atom. The molecule has 1 aromatic carbocycles. The van der Waals surface area contributed by atoms with Gasteiger partial charge in [-0.2, -0.15) is 5.10 Å². The molecule has 5 rings (SSSR count). The van der Waals surface area contributed by atoms with Crippen molar-refractivity contribution in [2.75, 3.05) is 0 Å². The van der Waals surface area contributed by atoms with E-state index < -0.39 is 0 Å². The minimum Gasteiger partial charge on any atom is -0.264 e. The van der Waals surface area contributed by atoms with Crippen molar-refractivity contribution in [3.05, 3.63) is 71.4 Å². The van der Waals surface area contributed by atoms with Crippen LogP contribution < -0.4 is 0 Å². The van der Waals surface area contributed by atoms with Crippen LogP contribution in [0.25, 0.3) is 16.4 Å². The molecule has 0 aliphatic heterocycles. The number of halogens is 1. The van der Waals surface area contributed by atoms with Crippen LogP contribution in [0.4, 0.5) is 0 Å². The maximum absolute atomic E-state index is 6.17. The number of nitrogens with zero attached hydrogens (tertiary/aromatic N) is 4. The Morgan fingerprint density at radius 3 is 2.96 bits per heavy atom. The lowest BCUT2D eigenvalue weighted by atomic mass is 10.00. The SMILES string of the molecule is Clc1cc([C@H]2C[C@@H]2c2cccc3cnccc23)c2nccn2n1. The van der Waals surface area contributed by atoms with Crippen molar-refractivity contribution < 1.29 is 0 Å². The Morgan fingerprint density at radius 1 is 1.09 bits per heavy atom. The molecule has 3 heterocycles. The highest BCUT2D eigenvalue weighted by molar-refractivity contribution is 6.29. The molecule has 4 nitrogen and oxygen atoms in total. The maximum Gasteiger partial charge on any atom is 0.157 e. The normalized spacial score (nSPS) is 20.2. The van der Waals surface area contributed by atoms with Gasteiger partial charge < -0.3 is 0 Å². The number of rotatable bonds is 2. The molecule has 0 spiro atoms. The van der Waals surface area contributed by atoms with Gasteiger partial charge in [0.1, 0.15) is 5.15 Å². The fraction of sp³-hybridized carbons (Fsp3) is 0.167. The molecule has 1 aliphatic rings. The van der Waals surface area contributed by atoms with Gasteiger partial charge >= 0.3 is 0 Å². The molecule has 23 heavy (non-hydrogen) atoms. The summed E-state index contributed by atoms with van der Waals surface area (Å²) < 4.78 is 1.76. The van der Waals surface area contributed by atoms with E-state index in [0.29, 0.717) is 17.0 Å². The van der Waals surface area contributed by atoms with E-state index in [2.05, 4.69) is 39.3 Å². The molecule has 0 bridgehead atoms. The van der Waals surface area contributed by atoms with Crippen molar-refractivity contribution in [2.24, 2.45) is 0 Å². The van der Waals surface area contributed by atoms with Gasteiger partial charge in [0.15, 0.2) is 5.65 Å². The third kappa shape index (κ3) is 2.02. The van der Waals surface area contributed by atoms with Gasteiger partial charge in [0.05, 0.1) is 0 Å².